The molecule has 25 heavy (non-hydrogen) atoms. The molecule has 0 bridgehead atoms. The van der Waals surface area contributed by atoms with Gasteiger partial charge in [0.25, 0.3) is 0 Å². The first kappa shape index (κ1) is 15.8. The van der Waals surface area contributed by atoms with Crippen LogP contribution in [-0.4, -0.2) is 31.4 Å². The van der Waals surface area contributed by atoms with Crippen molar-refractivity contribution in [3.05, 3.63) is 59.9 Å². The lowest BCUT2D eigenvalue weighted by Gasteiger charge is -2.21. The summed E-state index contributed by atoms with van der Waals surface area (Å²) in [5.41, 5.74) is 5.69. The first-order valence-corrected chi connectivity index (χ1v) is 8.72. The van der Waals surface area contributed by atoms with E-state index < -0.39 is 0 Å². The smallest absolute Gasteiger partial charge is 0.115 e. The number of aliphatic hydroxyl groups is 1. The van der Waals surface area contributed by atoms with Gasteiger partial charge in [-0.15, -0.1) is 10.2 Å². The third kappa shape index (κ3) is 3.28. The van der Waals surface area contributed by atoms with E-state index in [0.717, 1.165) is 60.4 Å². The molecule has 0 aliphatic heterocycles. The summed E-state index contributed by atoms with van der Waals surface area (Å²) in [4.78, 5) is 8.91. The lowest BCUT2D eigenvalue weighted by molar-refractivity contribution is 0.150. The average molecular weight is 332 g/mol. The standard InChI is InChI=1S/C20H20N4O/c25-14-6-5-7-15-16(11-10-14)20(18-9-2-4-13-22-18)24-23-19(15)17-8-1-3-12-21-17/h1-4,8-9,12-14,25H,5-7,10-11H2/t14-/m0/s1. The second kappa shape index (κ2) is 7.07. The maximum atomic E-state index is 10.1. The summed E-state index contributed by atoms with van der Waals surface area (Å²) in [6.45, 7) is 0. The highest BCUT2D eigenvalue weighted by atomic mass is 16.3. The maximum Gasteiger partial charge on any atom is 0.115 e. The summed E-state index contributed by atoms with van der Waals surface area (Å²) < 4.78 is 0. The highest BCUT2D eigenvalue weighted by Gasteiger charge is 2.22. The molecule has 0 fully saturated rings. The van der Waals surface area contributed by atoms with Gasteiger partial charge in [-0.3, -0.25) is 9.97 Å². The summed E-state index contributed by atoms with van der Waals surface area (Å²) in [6, 6.07) is 11.7. The van der Waals surface area contributed by atoms with E-state index in [1.807, 2.05) is 36.4 Å². The van der Waals surface area contributed by atoms with Crippen molar-refractivity contribution < 1.29 is 5.11 Å². The SMILES string of the molecule is O[C@H]1CCCc2c(-c3ccccn3)nnc(-c3ccccn3)c2CC1. The molecule has 0 spiro atoms. The van der Waals surface area contributed by atoms with Crippen LogP contribution >= 0.6 is 0 Å². The molecular formula is C20H20N4O. The second-order valence-corrected chi connectivity index (χ2v) is 6.37. The number of aromatic nitrogens is 4. The van der Waals surface area contributed by atoms with Crippen LogP contribution in [0.25, 0.3) is 22.8 Å². The molecule has 0 radical (unpaired) electrons. The number of fused-ring (bicyclic) bond motifs is 1. The molecule has 0 aromatic carbocycles. The zero-order valence-electron chi connectivity index (χ0n) is 14.0. The van der Waals surface area contributed by atoms with Gasteiger partial charge in [0.2, 0.25) is 0 Å². The van der Waals surface area contributed by atoms with Crippen molar-refractivity contribution in [1.82, 2.24) is 20.2 Å². The molecule has 5 heteroatoms. The summed E-state index contributed by atoms with van der Waals surface area (Å²) in [5, 5.41) is 19.1. The van der Waals surface area contributed by atoms with Crippen LogP contribution in [0.2, 0.25) is 0 Å². The van der Waals surface area contributed by atoms with Crippen LogP contribution in [0.1, 0.15) is 30.4 Å². The Balaban J connectivity index is 1.89. The first-order valence-electron chi connectivity index (χ1n) is 8.72. The van der Waals surface area contributed by atoms with E-state index >= 15 is 0 Å². The van der Waals surface area contributed by atoms with Crippen molar-refractivity contribution in [2.75, 3.05) is 0 Å². The van der Waals surface area contributed by atoms with Crippen molar-refractivity contribution >= 4 is 0 Å². The normalized spacial score (nSPS) is 17.4. The topological polar surface area (TPSA) is 71.8 Å². The molecule has 3 aromatic heterocycles. The van der Waals surface area contributed by atoms with Crippen molar-refractivity contribution in [2.45, 2.75) is 38.2 Å². The molecule has 3 heterocycles. The van der Waals surface area contributed by atoms with Gasteiger partial charge in [0.05, 0.1) is 17.5 Å². The Kier molecular flexibility index (Phi) is 4.48. The van der Waals surface area contributed by atoms with Gasteiger partial charge in [0.1, 0.15) is 11.4 Å². The van der Waals surface area contributed by atoms with E-state index in [1.54, 1.807) is 12.4 Å². The van der Waals surface area contributed by atoms with Crippen molar-refractivity contribution in [1.29, 1.82) is 0 Å². The van der Waals surface area contributed by atoms with E-state index in [2.05, 4.69) is 20.2 Å². The lowest BCUT2D eigenvalue weighted by atomic mass is 9.89. The number of hydrogen-bond donors (Lipinski definition) is 1. The van der Waals surface area contributed by atoms with Crippen LogP contribution in [0.15, 0.2) is 48.8 Å². The minimum absolute atomic E-state index is 0.254. The minimum atomic E-state index is -0.254. The number of aliphatic hydroxyl groups excluding tert-OH is 1. The molecule has 0 saturated heterocycles. The van der Waals surface area contributed by atoms with Crippen LogP contribution in [0.5, 0.6) is 0 Å². The zero-order chi connectivity index (χ0) is 17.1. The largest absolute Gasteiger partial charge is 0.393 e. The Hall–Kier alpha value is -2.66. The van der Waals surface area contributed by atoms with Gasteiger partial charge in [0, 0.05) is 12.4 Å². The van der Waals surface area contributed by atoms with E-state index in [-0.39, 0.29) is 6.10 Å². The fourth-order valence-electron chi connectivity index (χ4n) is 3.43. The van der Waals surface area contributed by atoms with E-state index in [4.69, 9.17) is 0 Å². The van der Waals surface area contributed by atoms with Gasteiger partial charge in [-0.25, -0.2) is 0 Å². The fraction of sp³-hybridized carbons (Fsp3) is 0.300. The average Bonchev–Trinajstić information content (AvgIpc) is 2.66. The van der Waals surface area contributed by atoms with Gasteiger partial charge < -0.3 is 5.11 Å². The quantitative estimate of drug-likeness (QED) is 0.780. The summed E-state index contributed by atoms with van der Waals surface area (Å²) >= 11 is 0. The number of nitrogens with zero attached hydrogens (tertiary/aromatic N) is 4. The summed E-state index contributed by atoms with van der Waals surface area (Å²) in [6.07, 6.45) is 7.43. The number of pyridine rings is 2. The fourth-order valence-corrected chi connectivity index (χ4v) is 3.43. The first-order chi connectivity index (χ1) is 12.3. The molecule has 3 aromatic rings. The Morgan fingerprint density at radius 1 is 0.760 bits per heavy atom. The van der Waals surface area contributed by atoms with Crippen LogP contribution in [0.4, 0.5) is 0 Å². The predicted molar refractivity (Wildman–Crippen MR) is 95.8 cm³/mol. The van der Waals surface area contributed by atoms with Gasteiger partial charge in [-0.2, -0.15) is 0 Å². The molecule has 1 atom stereocenters. The molecule has 5 nitrogen and oxygen atoms in total. The Morgan fingerprint density at radius 3 is 1.92 bits per heavy atom. The summed E-state index contributed by atoms with van der Waals surface area (Å²) in [7, 11) is 0. The molecule has 4 rings (SSSR count). The Bertz CT molecular complexity index is 852. The van der Waals surface area contributed by atoms with Crippen LogP contribution < -0.4 is 0 Å². The number of hydrogen-bond acceptors (Lipinski definition) is 5. The molecule has 1 aliphatic rings. The molecule has 0 saturated carbocycles. The van der Waals surface area contributed by atoms with E-state index in [0.29, 0.717) is 0 Å². The van der Waals surface area contributed by atoms with Gasteiger partial charge >= 0.3 is 0 Å². The monoisotopic (exact) mass is 332 g/mol. The Morgan fingerprint density at radius 2 is 1.36 bits per heavy atom. The number of rotatable bonds is 2. The molecule has 1 aliphatic carbocycles. The summed E-state index contributed by atoms with van der Waals surface area (Å²) in [5.74, 6) is 0. The van der Waals surface area contributed by atoms with Crippen LogP contribution in [-0.2, 0) is 12.8 Å². The molecule has 0 unspecified atom stereocenters. The zero-order valence-corrected chi connectivity index (χ0v) is 14.0. The predicted octanol–water partition coefficient (Wildman–Crippen LogP) is 3.23. The molecular weight excluding hydrogens is 312 g/mol. The maximum absolute atomic E-state index is 10.1. The Labute approximate surface area is 146 Å². The van der Waals surface area contributed by atoms with Crippen LogP contribution in [0, 0.1) is 0 Å². The van der Waals surface area contributed by atoms with Crippen LogP contribution in [0.3, 0.4) is 0 Å². The van der Waals surface area contributed by atoms with Gasteiger partial charge in [0.15, 0.2) is 0 Å². The minimum Gasteiger partial charge on any atom is -0.393 e. The van der Waals surface area contributed by atoms with Gasteiger partial charge in [-0.1, -0.05) is 12.1 Å². The lowest BCUT2D eigenvalue weighted by Crippen LogP contribution is -2.16. The van der Waals surface area contributed by atoms with Crippen molar-refractivity contribution in [3.8, 4) is 22.8 Å². The third-order valence-corrected chi connectivity index (χ3v) is 4.69. The highest BCUT2D eigenvalue weighted by Crippen LogP contribution is 2.32. The molecule has 126 valence electrons. The molecule has 1 N–H and O–H groups in total. The van der Waals surface area contributed by atoms with E-state index in [1.165, 1.54) is 5.56 Å². The van der Waals surface area contributed by atoms with Crippen molar-refractivity contribution in [2.24, 2.45) is 0 Å². The second-order valence-electron chi connectivity index (χ2n) is 6.37. The molecule has 0 amide bonds. The van der Waals surface area contributed by atoms with Crippen molar-refractivity contribution in [3.63, 3.8) is 0 Å². The highest BCUT2D eigenvalue weighted by molar-refractivity contribution is 5.68. The van der Waals surface area contributed by atoms with Gasteiger partial charge in [-0.05, 0) is 67.5 Å². The van der Waals surface area contributed by atoms with E-state index in [9.17, 15) is 5.11 Å². The third-order valence-electron chi connectivity index (χ3n) is 4.69.